The lowest BCUT2D eigenvalue weighted by Gasteiger charge is -2.19. The minimum absolute atomic E-state index is 0.000595. The second-order valence-corrected chi connectivity index (χ2v) is 10.3. The number of ether oxygens (including phenoxy) is 3. The third-order valence-electron chi connectivity index (χ3n) is 5.22. The van der Waals surface area contributed by atoms with Gasteiger partial charge in [-0.3, -0.25) is 9.36 Å². The van der Waals surface area contributed by atoms with Gasteiger partial charge in [0.05, 0.1) is 19.3 Å². The van der Waals surface area contributed by atoms with Crippen molar-refractivity contribution in [3.63, 3.8) is 0 Å². The summed E-state index contributed by atoms with van der Waals surface area (Å²) in [5.41, 5.74) is 0.530. The monoisotopic (exact) mass is 509 g/mol. The zero-order valence-corrected chi connectivity index (χ0v) is 20.9. The van der Waals surface area contributed by atoms with Gasteiger partial charge in [0.1, 0.15) is 30.0 Å². The van der Waals surface area contributed by atoms with Gasteiger partial charge in [0.15, 0.2) is 0 Å². The molecule has 3 rings (SSSR count). The van der Waals surface area contributed by atoms with Gasteiger partial charge in [0, 0.05) is 24.8 Å². The van der Waals surface area contributed by atoms with E-state index in [9.17, 15) is 19.5 Å². The maximum atomic E-state index is 13.1. The first kappa shape index (κ1) is 26.1. The average Bonchev–Trinajstić information content (AvgIpc) is 3.20. The van der Waals surface area contributed by atoms with Crippen LogP contribution in [0.5, 0.6) is 5.75 Å². The Labute approximate surface area is 204 Å². The molecule has 34 heavy (non-hydrogen) atoms. The number of aliphatic hydroxyl groups excluding tert-OH is 1. The number of carbonyl (C=O) groups excluding carboxylic acids is 2. The minimum Gasteiger partial charge on any atom is -0.497 e. The number of aromatic nitrogens is 2. The predicted molar refractivity (Wildman–Crippen MR) is 130 cm³/mol. The summed E-state index contributed by atoms with van der Waals surface area (Å²) in [4.78, 5) is 40.5. The Morgan fingerprint density at radius 3 is 2.76 bits per heavy atom. The van der Waals surface area contributed by atoms with Gasteiger partial charge in [0.2, 0.25) is 5.91 Å². The number of nitrogens with one attached hydrogen (secondary N) is 1. The molecule has 10 nitrogen and oxygen atoms in total. The topological polar surface area (TPSA) is 129 Å². The van der Waals surface area contributed by atoms with E-state index in [-0.39, 0.29) is 23.4 Å². The van der Waals surface area contributed by atoms with Crippen LogP contribution in [-0.2, 0) is 14.3 Å². The van der Waals surface area contributed by atoms with Crippen LogP contribution >= 0.6 is 21.6 Å². The molecule has 1 fully saturated rings. The fraction of sp³-hybridized carbons (Fsp3) is 0.455. The highest BCUT2D eigenvalue weighted by molar-refractivity contribution is 8.76. The summed E-state index contributed by atoms with van der Waals surface area (Å²) >= 11 is 0. The van der Waals surface area contributed by atoms with Crippen molar-refractivity contribution in [2.24, 2.45) is 0 Å². The molecule has 4 atom stereocenters. The van der Waals surface area contributed by atoms with Crippen LogP contribution in [0.3, 0.4) is 0 Å². The molecule has 1 saturated heterocycles. The van der Waals surface area contributed by atoms with Crippen molar-refractivity contribution in [1.82, 2.24) is 9.55 Å². The van der Waals surface area contributed by atoms with Crippen LogP contribution in [0.1, 0.15) is 47.7 Å². The molecule has 1 unspecified atom stereocenters. The number of nitrogens with zero attached hydrogens (tertiary/aromatic N) is 2. The van der Waals surface area contributed by atoms with Crippen molar-refractivity contribution < 1.29 is 28.9 Å². The lowest BCUT2D eigenvalue weighted by molar-refractivity contribution is -0.114. The molecule has 0 radical (unpaired) electrons. The number of rotatable bonds is 9. The molecule has 0 aliphatic carbocycles. The summed E-state index contributed by atoms with van der Waals surface area (Å²) in [5.74, 6) is -0.146. The number of esters is 1. The van der Waals surface area contributed by atoms with E-state index in [4.69, 9.17) is 14.2 Å². The molecule has 0 saturated carbocycles. The molecule has 2 aromatic rings. The zero-order chi connectivity index (χ0) is 24.8. The molecule has 184 valence electrons. The first-order valence-electron chi connectivity index (χ1n) is 10.5. The Bertz CT molecular complexity index is 1090. The Morgan fingerprint density at radius 1 is 1.38 bits per heavy atom. The lowest BCUT2D eigenvalue weighted by atomic mass is 10.0. The van der Waals surface area contributed by atoms with Gasteiger partial charge in [-0.2, -0.15) is 4.98 Å². The van der Waals surface area contributed by atoms with E-state index in [1.165, 1.54) is 23.8 Å². The number of methoxy groups -OCH3 is 1. The Hall–Kier alpha value is -2.54. The van der Waals surface area contributed by atoms with E-state index in [1.54, 1.807) is 40.8 Å². The molecular formula is C22H27N3O7S2. The molecule has 0 spiro atoms. The van der Waals surface area contributed by atoms with Crippen LogP contribution in [0.2, 0.25) is 0 Å². The summed E-state index contributed by atoms with van der Waals surface area (Å²) in [6.07, 6.45) is 1.17. The molecule has 0 bridgehead atoms. The highest BCUT2D eigenvalue weighted by Gasteiger charge is 2.39. The Morgan fingerprint density at radius 2 is 2.15 bits per heavy atom. The fourth-order valence-electron chi connectivity index (χ4n) is 3.63. The highest BCUT2D eigenvalue weighted by Crippen LogP contribution is 2.39. The van der Waals surface area contributed by atoms with Gasteiger partial charge < -0.3 is 24.6 Å². The van der Waals surface area contributed by atoms with Gasteiger partial charge in [-0.05, 0) is 43.0 Å². The summed E-state index contributed by atoms with van der Waals surface area (Å²) < 4.78 is 18.1. The zero-order valence-electron chi connectivity index (χ0n) is 19.2. The largest absolute Gasteiger partial charge is 0.497 e. The quantitative estimate of drug-likeness (QED) is 0.384. The molecular weight excluding hydrogens is 482 g/mol. The van der Waals surface area contributed by atoms with Crippen LogP contribution < -0.4 is 15.7 Å². The van der Waals surface area contributed by atoms with E-state index in [2.05, 4.69) is 10.3 Å². The van der Waals surface area contributed by atoms with Crippen molar-refractivity contribution in [2.45, 2.75) is 44.0 Å². The molecule has 1 amide bonds. The molecule has 1 aliphatic heterocycles. The summed E-state index contributed by atoms with van der Waals surface area (Å²) in [6.45, 7) is 2.91. The maximum absolute atomic E-state index is 13.1. The first-order chi connectivity index (χ1) is 16.3. The molecule has 1 aliphatic rings. The fourth-order valence-corrected chi connectivity index (χ4v) is 5.39. The van der Waals surface area contributed by atoms with E-state index in [1.807, 2.05) is 19.2 Å². The number of anilines is 1. The predicted octanol–water partition coefficient (Wildman–Crippen LogP) is 2.79. The number of aliphatic hydroxyl groups is 1. The van der Waals surface area contributed by atoms with Gasteiger partial charge in [-0.25, -0.2) is 9.59 Å². The summed E-state index contributed by atoms with van der Waals surface area (Å²) in [6, 6.07) is 6.62. The summed E-state index contributed by atoms with van der Waals surface area (Å²) in [7, 11) is 4.75. The van der Waals surface area contributed by atoms with Crippen LogP contribution in [-0.4, -0.2) is 58.7 Å². The van der Waals surface area contributed by atoms with E-state index >= 15 is 0 Å². The van der Waals surface area contributed by atoms with Crippen LogP contribution in [0.25, 0.3) is 0 Å². The van der Waals surface area contributed by atoms with Crippen molar-refractivity contribution in [1.29, 1.82) is 0 Å². The van der Waals surface area contributed by atoms with Crippen LogP contribution in [0, 0.1) is 0 Å². The second-order valence-electron chi connectivity index (χ2n) is 7.53. The number of carbonyl (C=O) groups is 2. The Balaban J connectivity index is 1.79. The van der Waals surface area contributed by atoms with Gasteiger partial charge in [-0.1, -0.05) is 21.6 Å². The first-order valence-corrected chi connectivity index (χ1v) is 13.1. The van der Waals surface area contributed by atoms with Gasteiger partial charge >= 0.3 is 11.7 Å². The van der Waals surface area contributed by atoms with Crippen LogP contribution in [0.4, 0.5) is 5.82 Å². The van der Waals surface area contributed by atoms with Crippen molar-refractivity contribution in [3.05, 3.63) is 52.1 Å². The third-order valence-corrected chi connectivity index (χ3v) is 7.40. The molecule has 12 heteroatoms. The summed E-state index contributed by atoms with van der Waals surface area (Å²) in [5, 5.41) is 12.2. The average molecular weight is 510 g/mol. The normalized spacial score (nSPS) is 20.6. The lowest BCUT2D eigenvalue weighted by Crippen LogP contribution is -2.30. The smallest absolute Gasteiger partial charge is 0.351 e. The van der Waals surface area contributed by atoms with Gasteiger partial charge in [-0.15, -0.1) is 0 Å². The van der Waals surface area contributed by atoms with Gasteiger partial charge in [0.25, 0.3) is 0 Å². The number of hydrogen-bond acceptors (Lipinski definition) is 10. The number of amides is 1. The number of hydrogen-bond donors (Lipinski definition) is 2. The molecule has 1 aromatic heterocycles. The minimum atomic E-state index is -0.810. The molecule has 1 aromatic carbocycles. The molecule has 2 N–H and O–H groups in total. The van der Waals surface area contributed by atoms with Crippen molar-refractivity contribution >= 4 is 39.3 Å². The highest BCUT2D eigenvalue weighted by atomic mass is 33.1. The maximum Gasteiger partial charge on any atom is 0.351 e. The van der Waals surface area contributed by atoms with Crippen LogP contribution in [0.15, 0.2) is 35.3 Å². The number of benzene rings is 1. The SMILES string of the molecule is COc1ccc(C(=O)O[C@@H]2C[C@H](n3ccc(NC(C)=O)nc3=O)O[C@@H]2CO)c(C(C)SSC)c1. The second kappa shape index (κ2) is 11.7. The Kier molecular flexibility index (Phi) is 9.00. The van der Waals surface area contributed by atoms with Crippen molar-refractivity contribution in [3.8, 4) is 5.75 Å². The third kappa shape index (κ3) is 6.12. The van der Waals surface area contributed by atoms with Crippen molar-refractivity contribution in [2.75, 3.05) is 25.3 Å². The van der Waals surface area contributed by atoms with E-state index in [0.29, 0.717) is 11.3 Å². The standard InChI is InChI=1S/C22H27N3O7S2/c1-12(34-33-4)16-9-14(30-3)5-6-15(16)21(28)32-17-10-20(31-18(17)11-26)25-8-7-19(23-13(2)27)24-22(25)29/h5-9,12,17-18,20,26H,10-11H2,1-4H3,(H,23,24,27,29)/t12?,17-,18-,20-/m1/s1. The molecule has 2 heterocycles. The van der Waals surface area contributed by atoms with E-state index in [0.717, 1.165) is 5.56 Å². The van der Waals surface area contributed by atoms with E-state index < -0.39 is 36.7 Å².